The van der Waals surface area contributed by atoms with E-state index in [2.05, 4.69) is 10.3 Å². The van der Waals surface area contributed by atoms with Crippen molar-refractivity contribution in [3.05, 3.63) is 42.0 Å². The molecule has 9 heteroatoms. The van der Waals surface area contributed by atoms with Crippen molar-refractivity contribution in [1.29, 1.82) is 0 Å². The van der Waals surface area contributed by atoms with Gasteiger partial charge in [0.05, 0.1) is 23.4 Å². The standard InChI is InChI=1S/C21H21N3O4S.ClH/c25-16-10-13(20-23-15-3-1-2-4-18(15)29-20)9-14-12-24(6-8-28-19(14)16)21(26)17-11-22-5-7-27-17;/h1-4,9-10,17,22,25H,5-8,11-12H2;1H. The summed E-state index contributed by atoms with van der Waals surface area (Å²) in [5, 5.41) is 14.6. The predicted molar refractivity (Wildman–Crippen MR) is 117 cm³/mol. The molecule has 0 bridgehead atoms. The van der Waals surface area contributed by atoms with E-state index in [4.69, 9.17) is 9.47 Å². The number of phenolic OH excluding ortho intramolecular Hbond substituents is 1. The number of fused-ring (bicyclic) bond motifs is 2. The lowest BCUT2D eigenvalue weighted by Crippen LogP contribution is -2.49. The minimum atomic E-state index is -0.480. The van der Waals surface area contributed by atoms with Gasteiger partial charge >= 0.3 is 0 Å². The first-order valence-corrected chi connectivity index (χ1v) is 10.5. The smallest absolute Gasteiger partial charge is 0.253 e. The minimum Gasteiger partial charge on any atom is -0.504 e. The van der Waals surface area contributed by atoms with Gasteiger partial charge in [-0.15, -0.1) is 23.7 Å². The molecule has 1 aromatic heterocycles. The van der Waals surface area contributed by atoms with Gasteiger partial charge in [0.1, 0.15) is 17.7 Å². The van der Waals surface area contributed by atoms with Crippen molar-refractivity contribution in [1.82, 2.24) is 15.2 Å². The van der Waals surface area contributed by atoms with Gasteiger partial charge in [-0.25, -0.2) is 4.98 Å². The highest BCUT2D eigenvalue weighted by atomic mass is 35.5. The molecular formula is C21H22ClN3O4S. The number of nitrogens with zero attached hydrogens (tertiary/aromatic N) is 2. The van der Waals surface area contributed by atoms with Crippen molar-refractivity contribution < 1.29 is 19.4 Å². The van der Waals surface area contributed by atoms with Crippen molar-refractivity contribution in [2.24, 2.45) is 0 Å². The van der Waals surface area contributed by atoms with Gasteiger partial charge in [-0.2, -0.15) is 0 Å². The van der Waals surface area contributed by atoms with Crippen molar-refractivity contribution in [2.75, 3.05) is 32.8 Å². The van der Waals surface area contributed by atoms with Crippen LogP contribution in [-0.2, 0) is 16.1 Å². The summed E-state index contributed by atoms with van der Waals surface area (Å²) in [5.41, 5.74) is 2.52. The number of phenols is 1. The van der Waals surface area contributed by atoms with E-state index in [0.29, 0.717) is 38.6 Å². The molecule has 1 unspecified atom stereocenters. The average Bonchev–Trinajstić information content (AvgIpc) is 3.07. The number of nitrogens with one attached hydrogen (secondary N) is 1. The van der Waals surface area contributed by atoms with Crippen LogP contribution in [0.15, 0.2) is 36.4 Å². The molecule has 2 aromatic carbocycles. The second kappa shape index (κ2) is 8.77. The molecular weight excluding hydrogens is 426 g/mol. The Morgan fingerprint density at radius 3 is 2.93 bits per heavy atom. The molecule has 5 rings (SSSR count). The fourth-order valence-corrected chi connectivity index (χ4v) is 4.69. The highest BCUT2D eigenvalue weighted by molar-refractivity contribution is 7.21. The van der Waals surface area contributed by atoms with E-state index in [9.17, 15) is 9.90 Å². The Labute approximate surface area is 184 Å². The van der Waals surface area contributed by atoms with Crippen molar-refractivity contribution in [2.45, 2.75) is 12.6 Å². The zero-order valence-corrected chi connectivity index (χ0v) is 17.8. The Morgan fingerprint density at radius 2 is 2.13 bits per heavy atom. The molecule has 3 heterocycles. The molecule has 7 nitrogen and oxygen atoms in total. The summed E-state index contributed by atoms with van der Waals surface area (Å²) in [6.45, 7) is 2.94. The van der Waals surface area contributed by atoms with Gasteiger partial charge in [0.15, 0.2) is 11.5 Å². The van der Waals surface area contributed by atoms with Crippen LogP contribution in [0, 0.1) is 0 Å². The number of carbonyl (C=O) groups excluding carboxylic acids is 1. The first-order valence-electron chi connectivity index (χ1n) is 9.65. The van der Waals surface area contributed by atoms with Crippen LogP contribution in [0.3, 0.4) is 0 Å². The number of hydrogen-bond donors (Lipinski definition) is 2. The van der Waals surface area contributed by atoms with Gasteiger partial charge in [0.2, 0.25) is 0 Å². The Balaban J connectivity index is 0.00000218. The maximum absolute atomic E-state index is 12.9. The van der Waals surface area contributed by atoms with Gasteiger partial charge in [-0.05, 0) is 24.3 Å². The maximum Gasteiger partial charge on any atom is 0.253 e. The summed E-state index contributed by atoms with van der Waals surface area (Å²) in [6.07, 6.45) is -0.480. The molecule has 30 heavy (non-hydrogen) atoms. The van der Waals surface area contributed by atoms with Crippen LogP contribution in [0.25, 0.3) is 20.8 Å². The fourth-order valence-electron chi connectivity index (χ4n) is 3.73. The van der Waals surface area contributed by atoms with Crippen LogP contribution in [0.4, 0.5) is 0 Å². The monoisotopic (exact) mass is 447 g/mol. The van der Waals surface area contributed by atoms with E-state index in [1.807, 2.05) is 30.3 Å². The van der Waals surface area contributed by atoms with E-state index in [0.717, 1.165) is 32.9 Å². The normalized spacial score (nSPS) is 18.8. The Morgan fingerprint density at radius 1 is 1.27 bits per heavy atom. The third-order valence-electron chi connectivity index (χ3n) is 5.17. The Kier molecular flexibility index (Phi) is 6.10. The number of halogens is 1. The largest absolute Gasteiger partial charge is 0.504 e. The second-order valence-corrected chi connectivity index (χ2v) is 8.17. The van der Waals surface area contributed by atoms with Gasteiger partial charge in [0, 0.05) is 30.8 Å². The van der Waals surface area contributed by atoms with Crippen LogP contribution >= 0.6 is 23.7 Å². The van der Waals surface area contributed by atoms with Crippen molar-refractivity contribution in [3.8, 4) is 22.1 Å². The van der Waals surface area contributed by atoms with Crippen molar-refractivity contribution in [3.63, 3.8) is 0 Å². The molecule has 1 fully saturated rings. The van der Waals surface area contributed by atoms with Crippen LogP contribution < -0.4 is 10.1 Å². The summed E-state index contributed by atoms with van der Waals surface area (Å²) in [4.78, 5) is 19.3. The molecule has 0 saturated carbocycles. The zero-order chi connectivity index (χ0) is 19.8. The molecule has 3 aromatic rings. The predicted octanol–water partition coefficient (Wildman–Crippen LogP) is 2.80. The lowest BCUT2D eigenvalue weighted by atomic mass is 10.1. The SMILES string of the molecule is Cl.O=C(C1CNCCO1)N1CCOc2c(O)cc(-c3nc4ccccc4s3)cc2C1. The highest BCUT2D eigenvalue weighted by Crippen LogP contribution is 2.39. The first-order chi connectivity index (χ1) is 14.2. The number of thiazole rings is 1. The van der Waals surface area contributed by atoms with Crippen LogP contribution in [0.2, 0.25) is 0 Å². The molecule has 2 aliphatic heterocycles. The molecule has 1 amide bonds. The summed E-state index contributed by atoms with van der Waals surface area (Å²) >= 11 is 1.57. The molecule has 2 N–H and O–H groups in total. The molecule has 1 saturated heterocycles. The summed E-state index contributed by atoms with van der Waals surface area (Å²) in [5.74, 6) is 0.452. The van der Waals surface area contributed by atoms with E-state index in [1.165, 1.54) is 0 Å². The number of morpholine rings is 1. The summed E-state index contributed by atoms with van der Waals surface area (Å²) in [6, 6.07) is 11.6. The van der Waals surface area contributed by atoms with Crippen LogP contribution in [0.5, 0.6) is 11.5 Å². The molecule has 0 aliphatic carbocycles. The number of carbonyl (C=O) groups is 1. The number of amides is 1. The number of aromatic nitrogens is 1. The number of rotatable bonds is 2. The maximum atomic E-state index is 12.9. The number of hydrogen-bond acceptors (Lipinski definition) is 7. The average molecular weight is 448 g/mol. The van der Waals surface area contributed by atoms with Gasteiger partial charge in [-0.3, -0.25) is 4.79 Å². The molecule has 1 atom stereocenters. The summed E-state index contributed by atoms with van der Waals surface area (Å²) < 4.78 is 12.5. The van der Waals surface area contributed by atoms with Gasteiger partial charge in [-0.1, -0.05) is 12.1 Å². The quantitative estimate of drug-likeness (QED) is 0.628. The lowest BCUT2D eigenvalue weighted by molar-refractivity contribution is -0.146. The Hall–Kier alpha value is -2.39. The molecule has 0 spiro atoms. The van der Waals surface area contributed by atoms with Gasteiger partial charge in [0.25, 0.3) is 5.91 Å². The number of aromatic hydroxyl groups is 1. The molecule has 158 valence electrons. The van der Waals surface area contributed by atoms with Crippen LogP contribution in [-0.4, -0.2) is 59.8 Å². The van der Waals surface area contributed by atoms with E-state index >= 15 is 0 Å². The first kappa shape index (κ1) is 20.9. The van der Waals surface area contributed by atoms with Crippen LogP contribution in [0.1, 0.15) is 5.56 Å². The van der Waals surface area contributed by atoms with E-state index in [1.54, 1.807) is 22.3 Å². The molecule has 0 radical (unpaired) electrons. The van der Waals surface area contributed by atoms with Crippen molar-refractivity contribution >= 4 is 39.9 Å². The minimum absolute atomic E-state index is 0. The zero-order valence-electron chi connectivity index (χ0n) is 16.2. The third-order valence-corrected chi connectivity index (χ3v) is 6.26. The number of para-hydroxylation sites is 1. The highest BCUT2D eigenvalue weighted by Gasteiger charge is 2.30. The van der Waals surface area contributed by atoms with E-state index in [-0.39, 0.29) is 24.1 Å². The summed E-state index contributed by atoms with van der Waals surface area (Å²) in [7, 11) is 0. The second-order valence-electron chi connectivity index (χ2n) is 7.14. The Bertz CT molecular complexity index is 1030. The number of benzene rings is 2. The number of ether oxygens (including phenoxy) is 2. The lowest BCUT2D eigenvalue weighted by Gasteiger charge is -2.28. The van der Waals surface area contributed by atoms with E-state index < -0.39 is 6.10 Å². The van der Waals surface area contributed by atoms with Gasteiger partial charge < -0.3 is 24.8 Å². The third kappa shape index (κ3) is 3.96. The topological polar surface area (TPSA) is 83.9 Å². The molecule has 2 aliphatic rings. The fraction of sp³-hybridized carbons (Fsp3) is 0.333.